The van der Waals surface area contributed by atoms with Crippen molar-refractivity contribution in [2.75, 3.05) is 0 Å². The molecule has 0 saturated carbocycles. The maximum absolute atomic E-state index is 12.9. The second-order valence-corrected chi connectivity index (χ2v) is 6.68. The average Bonchev–Trinajstić information content (AvgIpc) is 2.91. The summed E-state index contributed by atoms with van der Waals surface area (Å²) in [6.07, 6.45) is 0. The van der Waals surface area contributed by atoms with Gasteiger partial charge in [-0.25, -0.2) is 0 Å². The quantitative estimate of drug-likeness (QED) is 0.874. The van der Waals surface area contributed by atoms with Gasteiger partial charge >= 0.3 is 0 Å². The van der Waals surface area contributed by atoms with Crippen LogP contribution in [0, 0.1) is 18.3 Å². The first-order valence-electron chi connectivity index (χ1n) is 7.34. The summed E-state index contributed by atoms with van der Waals surface area (Å²) in [4.78, 5) is 12.9. The fourth-order valence-electron chi connectivity index (χ4n) is 2.92. The van der Waals surface area contributed by atoms with Gasteiger partial charge in [0.25, 0.3) is 0 Å². The van der Waals surface area contributed by atoms with Gasteiger partial charge < -0.3 is 5.73 Å². The molecule has 1 aliphatic heterocycles. The lowest BCUT2D eigenvalue weighted by molar-refractivity contribution is 0.0985. The third-order valence-corrected chi connectivity index (χ3v) is 5.31. The molecular weight excluding hydrogens is 304 g/mol. The number of hydrogen-bond acceptors (Lipinski definition) is 4. The van der Waals surface area contributed by atoms with Gasteiger partial charge in [0.2, 0.25) is 0 Å². The van der Waals surface area contributed by atoms with Crippen molar-refractivity contribution in [2.45, 2.75) is 18.1 Å². The molecule has 0 aromatic heterocycles. The molecule has 0 saturated heterocycles. The number of carbonyl (C=O) groups is 1. The second-order valence-electron chi connectivity index (χ2n) is 5.49. The van der Waals surface area contributed by atoms with Gasteiger partial charge in [-0.3, -0.25) is 4.79 Å². The van der Waals surface area contributed by atoms with Crippen LogP contribution in [-0.2, 0) is 0 Å². The summed E-state index contributed by atoms with van der Waals surface area (Å²) in [5.74, 6) is -0.282. The first-order valence-corrected chi connectivity index (χ1v) is 8.22. The van der Waals surface area contributed by atoms with Crippen LogP contribution in [0.25, 0.3) is 0 Å². The summed E-state index contributed by atoms with van der Waals surface area (Å²) in [6, 6.07) is 19.2. The molecule has 0 aliphatic carbocycles. The summed E-state index contributed by atoms with van der Waals surface area (Å²) in [6.45, 7) is 1.99. The summed E-state index contributed by atoms with van der Waals surface area (Å²) in [7, 11) is 0. The van der Waals surface area contributed by atoms with Crippen molar-refractivity contribution >= 4 is 17.5 Å². The summed E-state index contributed by atoms with van der Waals surface area (Å²) < 4.78 is 0. The number of nitrogens with two attached hydrogens (primary N) is 1. The number of ketones is 1. The van der Waals surface area contributed by atoms with E-state index in [9.17, 15) is 10.1 Å². The maximum atomic E-state index is 12.9. The van der Waals surface area contributed by atoms with Crippen molar-refractivity contribution in [3.05, 3.63) is 81.9 Å². The number of hydrogen-bond donors (Lipinski definition) is 1. The minimum absolute atomic E-state index is 0.0112. The maximum Gasteiger partial charge on any atom is 0.177 e. The summed E-state index contributed by atoms with van der Waals surface area (Å²) >= 11 is 1.30. The van der Waals surface area contributed by atoms with E-state index in [0.29, 0.717) is 16.2 Å². The summed E-state index contributed by atoms with van der Waals surface area (Å²) in [5.41, 5.74) is 9.24. The lowest BCUT2D eigenvalue weighted by Crippen LogP contribution is -2.23. The van der Waals surface area contributed by atoms with Gasteiger partial charge in [0.05, 0.1) is 21.9 Å². The predicted octanol–water partition coefficient (Wildman–Crippen LogP) is 3.77. The van der Waals surface area contributed by atoms with Crippen LogP contribution in [0.3, 0.4) is 0 Å². The molecule has 0 amide bonds. The molecule has 0 radical (unpaired) electrons. The van der Waals surface area contributed by atoms with E-state index in [1.54, 1.807) is 12.1 Å². The molecule has 3 nitrogen and oxygen atoms in total. The van der Waals surface area contributed by atoms with Crippen molar-refractivity contribution in [3.63, 3.8) is 0 Å². The SMILES string of the molecule is Cc1ccccc1[C@@H]1C(C#N)=C(N)S[C@H]1C(=O)c1ccccc1. The minimum Gasteiger partial charge on any atom is -0.393 e. The van der Waals surface area contributed by atoms with E-state index in [1.165, 1.54) is 11.8 Å². The van der Waals surface area contributed by atoms with Gasteiger partial charge in [-0.2, -0.15) is 5.26 Å². The molecule has 1 aliphatic rings. The number of thioether (sulfide) groups is 1. The Labute approximate surface area is 139 Å². The molecule has 3 rings (SSSR count). The predicted molar refractivity (Wildman–Crippen MR) is 92.9 cm³/mol. The topological polar surface area (TPSA) is 66.9 Å². The van der Waals surface area contributed by atoms with Crippen LogP contribution >= 0.6 is 11.8 Å². The lowest BCUT2D eigenvalue weighted by Gasteiger charge is -2.20. The number of rotatable bonds is 3. The molecule has 23 heavy (non-hydrogen) atoms. The van der Waals surface area contributed by atoms with Crippen molar-refractivity contribution in [2.24, 2.45) is 5.73 Å². The van der Waals surface area contributed by atoms with Crippen molar-refractivity contribution in [1.29, 1.82) is 5.26 Å². The van der Waals surface area contributed by atoms with Crippen LogP contribution in [0.2, 0.25) is 0 Å². The van der Waals surface area contributed by atoms with E-state index in [1.807, 2.05) is 49.4 Å². The highest BCUT2D eigenvalue weighted by atomic mass is 32.2. The van der Waals surface area contributed by atoms with Crippen molar-refractivity contribution in [1.82, 2.24) is 0 Å². The molecule has 2 atom stereocenters. The van der Waals surface area contributed by atoms with E-state index in [4.69, 9.17) is 5.73 Å². The molecule has 0 bridgehead atoms. The molecule has 0 fully saturated rings. The molecule has 114 valence electrons. The van der Waals surface area contributed by atoms with Crippen LogP contribution < -0.4 is 5.73 Å². The Kier molecular flexibility index (Phi) is 4.22. The van der Waals surface area contributed by atoms with Crippen LogP contribution in [-0.4, -0.2) is 11.0 Å². The Morgan fingerprint density at radius 1 is 1.13 bits per heavy atom. The first kappa shape index (κ1) is 15.4. The zero-order chi connectivity index (χ0) is 16.4. The monoisotopic (exact) mass is 320 g/mol. The minimum atomic E-state index is -0.395. The Bertz CT molecular complexity index is 821. The van der Waals surface area contributed by atoms with E-state index in [0.717, 1.165) is 11.1 Å². The normalized spacial score (nSPS) is 20.3. The average molecular weight is 320 g/mol. The Morgan fingerprint density at radius 3 is 2.43 bits per heavy atom. The number of carbonyl (C=O) groups excluding carboxylic acids is 1. The number of nitriles is 1. The van der Waals surface area contributed by atoms with E-state index in [-0.39, 0.29) is 11.7 Å². The molecule has 0 spiro atoms. The van der Waals surface area contributed by atoms with Gasteiger partial charge in [0, 0.05) is 11.5 Å². The zero-order valence-corrected chi connectivity index (χ0v) is 13.5. The number of Topliss-reactive ketones (excluding diaryl/α,β-unsaturated/α-hetero) is 1. The highest BCUT2D eigenvalue weighted by Gasteiger charge is 2.41. The smallest absolute Gasteiger partial charge is 0.177 e. The van der Waals surface area contributed by atoms with Crippen molar-refractivity contribution < 1.29 is 4.79 Å². The number of benzene rings is 2. The molecular formula is C19H16N2OS. The summed E-state index contributed by atoms with van der Waals surface area (Å²) in [5, 5.41) is 9.58. The van der Waals surface area contributed by atoms with Crippen molar-refractivity contribution in [3.8, 4) is 6.07 Å². The first-order chi connectivity index (χ1) is 11.1. The third-order valence-electron chi connectivity index (χ3n) is 4.09. The molecule has 4 heteroatoms. The van der Waals surface area contributed by atoms with Crippen LogP contribution in [0.15, 0.2) is 65.2 Å². The van der Waals surface area contributed by atoms with Gasteiger partial charge in [0.15, 0.2) is 5.78 Å². The number of aryl methyl sites for hydroxylation is 1. The second kappa shape index (κ2) is 6.31. The highest BCUT2D eigenvalue weighted by molar-refractivity contribution is 8.04. The van der Waals surface area contributed by atoms with Gasteiger partial charge in [-0.15, -0.1) is 0 Å². The van der Waals surface area contributed by atoms with Crippen LogP contribution in [0.1, 0.15) is 27.4 Å². The highest BCUT2D eigenvalue weighted by Crippen LogP contribution is 2.47. The van der Waals surface area contributed by atoms with E-state index >= 15 is 0 Å². The van der Waals surface area contributed by atoms with E-state index in [2.05, 4.69) is 6.07 Å². The Morgan fingerprint density at radius 2 is 1.78 bits per heavy atom. The molecule has 2 aromatic carbocycles. The Hall–Kier alpha value is -2.51. The molecule has 1 heterocycles. The standard InChI is InChI=1S/C19H16N2OS/c1-12-7-5-6-10-14(12)16-15(11-20)19(21)23-18(16)17(22)13-8-3-2-4-9-13/h2-10,16,18H,21H2,1H3/t16-,18-/m1/s1. The number of nitrogens with zero attached hydrogens (tertiary/aromatic N) is 1. The largest absolute Gasteiger partial charge is 0.393 e. The fourth-order valence-corrected chi connectivity index (χ4v) is 4.16. The fraction of sp³-hybridized carbons (Fsp3) is 0.158. The van der Waals surface area contributed by atoms with Gasteiger partial charge in [0.1, 0.15) is 0 Å². The molecule has 2 N–H and O–H groups in total. The molecule has 2 aromatic rings. The molecule has 0 unspecified atom stereocenters. The van der Waals surface area contributed by atoms with Gasteiger partial charge in [-0.05, 0) is 18.1 Å². The lowest BCUT2D eigenvalue weighted by atomic mass is 9.84. The van der Waals surface area contributed by atoms with E-state index < -0.39 is 5.25 Å². The zero-order valence-electron chi connectivity index (χ0n) is 12.7. The number of allylic oxidation sites excluding steroid dienone is 1. The van der Waals surface area contributed by atoms with Crippen LogP contribution in [0.4, 0.5) is 0 Å². The van der Waals surface area contributed by atoms with Gasteiger partial charge in [-0.1, -0.05) is 66.4 Å². The Balaban J connectivity index is 2.06. The van der Waals surface area contributed by atoms with Crippen LogP contribution in [0.5, 0.6) is 0 Å². The third kappa shape index (κ3) is 2.76.